The second kappa shape index (κ2) is 18.5. The molecule has 16 nitrogen and oxygen atoms in total. The van der Waals surface area contributed by atoms with Gasteiger partial charge < -0.3 is 49.3 Å². The van der Waals surface area contributed by atoms with Gasteiger partial charge in [0, 0.05) is 37.1 Å². The summed E-state index contributed by atoms with van der Waals surface area (Å²) in [5, 5.41) is 7.53. The van der Waals surface area contributed by atoms with Crippen molar-refractivity contribution in [2.24, 2.45) is 23.7 Å². The number of carbonyl (C=O) groups is 4. The van der Waals surface area contributed by atoms with E-state index < -0.39 is 24.3 Å². The Morgan fingerprint density at radius 1 is 0.828 bits per heavy atom. The molecule has 8 rings (SSSR count). The maximum Gasteiger partial charge on any atom is 0.407 e. The van der Waals surface area contributed by atoms with Crippen molar-refractivity contribution in [1.29, 1.82) is 0 Å². The molecule has 5 heterocycles. The molecular weight excluding hydrogens is 817 g/mol. The van der Waals surface area contributed by atoms with Crippen LogP contribution in [0, 0.1) is 23.7 Å². The number of hydrogen-bond acceptors (Lipinski definition) is 10. The van der Waals surface area contributed by atoms with Crippen molar-refractivity contribution in [2.45, 2.75) is 91.1 Å². The highest BCUT2D eigenvalue weighted by molar-refractivity contribution is 6.07. The Morgan fingerprint density at radius 3 is 2.16 bits per heavy atom. The van der Waals surface area contributed by atoms with Gasteiger partial charge in [-0.2, -0.15) is 0 Å². The molecule has 4 N–H and O–H groups in total. The van der Waals surface area contributed by atoms with Gasteiger partial charge in [0.15, 0.2) is 0 Å². The smallest absolute Gasteiger partial charge is 0.407 e. The number of hydrogen-bond donors (Lipinski definition) is 4. The van der Waals surface area contributed by atoms with Crippen LogP contribution in [-0.4, -0.2) is 107 Å². The fourth-order valence-corrected chi connectivity index (χ4v) is 9.72. The number of amides is 4. The van der Waals surface area contributed by atoms with Crippen LogP contribution in [-0.2, 0) is 30.4 Å². The zero-order valence-corrected chi connectivity index (χ0v) is 37.9. The molecule has 0 aliphatic carbocycles. The zero-order chi connectivity index (χ0) is 45.4. The van der Waals surface area contributed by atoms with Crippen molar-refractivity contribution in [2.75, 3.05) is 41.0 Å². The minimum absolute atomic E-state index is 0.0791. The van der Waals surface area contributed by atoms with Crippen molar-refractivity contribution in [3.8, 4) is 28.1 Å². The first-order valence-electron chi connectivity index (χ1n) is 22.4. The summed E-state index contributed by atoms with van der Waals surface area (Å²) in [6, 6.07) is 12.6. The van der Waals surface area contributed by atoms with Crippen LogP contribution >= 0.6 is 0 Å². The van der Waals surface area contributed by atoms with Gasteiger partial charge >= 0.3 is 12.2 Å². The predicted molar refractivity (Wildman–Crippen MR) is 241 cm³/mol. The summed E-state index contributed by atoms with van der Waals surface area (Å²) >= 11 is 0. The van der Waals surface area contributed by atoms with Crippen molar-refractivity contribution in [3.63, 3.8) is 0 Å². The fourth-order valence-electron chi connectivity index (χ4n) is 9.72. The molecule has 2 fully saturated rings. The van der Waals surface area contributed by atoms with Crippen LogP contribution in [0.3, 0.4) is 0 Å². The Balaban J connectivity index is 1.05. The Morgan fingerprint density at radius 2 is 1.50 bits per heavy atom. The molecule has 3 aliphatic heterocycles. The second-order valence-corrected chi connectivity index (χ2v) is 17.9. The molecule has 0 spiro atoms. The van der Waals surface area contributed by atoms with E-state index in [1.807, 2.05) is 49.8 Å². The lowest BCUT2D eigenvalue weighted by molar-refractivity contribution is -0.136. The van der Waals surface area contributed by atoms with E-state index in [2.05, 4.69) is 63.9 Å². The molecule has 4 unspecified atom stereocenters. The monoisotopic (exact) mass is 876 g/mol. The highest BCUT2D eigenvalue weighted by Crippen LogP contribution is 2.44. The Bertz CT molecular complexity index is 2550. The van der Waals surface area contributed by atoms with Crippen molar-refractivity contribution in [3.05, 3.63) is 65.9 Å². The van der Waals surface area contributed by atoms with Crippen LogP contribution in [0.5, 0.6) is 5.75 Å². The maximum absolute atomic E-state index is 14.2. The number of benzene rings is 3. The molecule has 0 radical (unpaired) electrons. The van der Waals surface area contributed by atoms with Gasteiger partial charge in [0.25, 0.3) is 0 Å². The third kappa shape index (κ3) is 8.47. The molecule has 340 valence electrons. The number of methoxy groups -OCH3 is 3. The van der Waals surface area contributed by atoms with Gasteiger partial charge in [0.1, 0.15) is 36.1 Å². The summed E-state index contributed by atoms with van der Waals surface area (Å²) in [5.74, 6) is 2.01. The Labute approximate surface area is 373 Å². The average molecular weight is 877 g/mol. The number of aromatic nitrogens is 4. The Hall–Kier alpha value is -6.16. The van der Waals surface area contributed by atoms with Gasteiger partial charge in [0.05, 0.1) is 55.8 Å². The van der Waals surface area contributed by atoms with Crippen LogP contribution in [0.25, 0.3) is 44.2 Å². The predicted octanol–water partition coefficient (Wildman–Crippen LogP) is 7.65. The number of imidazole rings is 2. The quantitative estimate of drug-likeness (QED) is 0.0913. The van der Waals surface area contributed by atoms with E-state index in [9.17, 15) is 19.2 Å². The van der Waals surface area contributed by atoms with E-state index in [-0.39, 0.29) is 47.6 Å². The number of fused-ring (bicyclic) bond motifs is 6. The summed E-state index contributed by atoms with van der Waals surface area (Å²) in [7, 11) is 4.26. The van der Waals surface area contributed by atoms with Crippen molar-refractivity contribution < 1.29 is 38.1 Å². The Kier molecular flexibility index (Phi) is 12.9. The van der Waals surface area contributed by atoms with E-state index in [0.29, 0.717) is 50.8 Å². The van der Waals surface area contributed by atoms with E-state index >= 15 is 0 Å². The number of ether oxygens (including phenoxy) is 4. The van der Waals surface area contributed by atoms with Crippen molar-refractivity contribution >= 4 is 45.8 Å². The number of carbonyl (C=O) groups excluding carboxylic acids is 4. The first-order chi connectivity index (χ1) is 30.8. The topological polar surface area (TPSA) is 193 Å². The van der Waals surface area contributed by atoms with E-state index in [1.54, 1.807) is 7.11 Å². The molecule has 3 aromatic carbocycles. The molecule has 3 aliphatic rings. The molecule has 0 bridgehead atoms. The molecule has 16 heteroatoms. The first-order valence-corrected chi connectivity index (χ1v) is 22.4. The number of nitrogens with zero attached hydrogens (tertiary/aromatic N) is 4. The number of likely N-dealkylation sites (tertiary alicyclic amines) is 2. The highest BCUT2D eigenvalue weighted by atomic mass is 16.5. The van der Waals surface area contributed by atoms with Crippen LogP contribution in [0.1, 0.15) is 89.6 Å². The van der Waals surface area contributed by atoms with E-state index in [4.69, 9.17) is 28.9 Å². The van der Waals surface area contributed by atoms with Gasteiger partial charge in [-0.1, -0.05) is 65.7 Å². The third-order valence-corrected chi connectivity index (χ3v) is 13.7. The summed E-state index contributed by atoms with van der Waals surface area (Å²) in [6.45, 7) is 11.9. The van der Waals surface area contributed by atoms with Crippen molar-refractivity contribution in [1.82, 2.24) is 40.4 Å². The number of rotatable bonds is 13. The highest BCUT2D eigenvalue weighted by Gasteiger charge is 2.43. The molecule has 0 saturated carbocycles. The first kappa shape index (κ1) is 44.4. The van der Waals surface area contributed by atoms with Crippen LogP contribution < -0.4 is 15.4 Å². The maximum atomic E-state index is 14.2. The van der Waals surface area contributed by atoms with Gasteiger partial charge in [-0.05, 0) is 76.9 Å². The standard InChI is InChI=1S/C48H60N8O8/c1-9-26(4)40(53-47(59)62-7)45(57)55-21-25(3)15-37(55)43-49-20-36(51-43)30-11-13-32-31(17-30)24-64-39-19-33-29(18-34(32)39)12-14-35-42(33)52-44(50-35)38-16-28(23-61-6)22-56(38)46(58)41(27(5)10-2)54-48(60)63-8/h11-14,17-20,25-28,37-38,40-41H,9-10,15-16,21-24H2,1-8H3,(H,49,51)(H,50,52)(H,53,59)(H,54,60)/t25-,26-,27?,28?,37?,38-,40-,41?/m0/s1. The van der Waals surface area contributed by atoms with Gasteiger partial charge in [0.2, 0.25) is 11.8 Å². The second-order valence-electron chi connectivity index (χ2n) is 17.9. The van der Waals surface area contributed by atoms with E-state index in [0.717, 1.165) is 68.3 Å². The van der Waals surface area contributed by atoms with Gasteiger partial charge in [-0.3, -0.25) is 9.59 Å². The molecule has 64 heavy (non-hydrogen) atoms. The van der Waals surface area contributed by atoms with E-state index in [1.165, 1.54) is 14.2 Å². The largest absolute Gasteiger partial charge is 0.488 e. The number of nitrogens with one attached hydrogen (secondary N) is 4. The van der Waals surface area contributed by atoms with Crippen LogP contribution in [0.15, 0.2) is 48.7 Å². The molecule has 2 aromatic heterocycles. The fraction of sp³-hybridized carbons (Fsp3) is 0.500. The third-order valence-electron chi connectivity index (χ3n) is 13.7. The lowest BCUT2D eigenvalue weighted by Gasteiger charge is -2.30. The number of H-pyrrole nitrogens is 2. The number of aromatic amines is 2. The SMILES string of the molecule is CCC(C)C(NC(=O)OC)C(=O)N1CC(COC)C[C@H]1c1nc2ccc3cc4c(cc3c2[nH]1)OCc1cc(-c2cnc(C3C[C@H](C)CN3C(=O)[C@@H](NC(=O)OC)[C@@H](C)CC)[nH]2)ccc1-4. The van der Waals surface area contributed by atoms with Gasteiger partial charge in [-0.15, -0.1) is 0 Å². The molecule has 8 atom stereocenters. The summed E-state index contributed by atoms with van der Waals surface area (Å²) < 4.78 is 21.7. The lowest BCUT2D eigenvalue weighted by atomic mass is 9.92. The minimum atomic E-state index is -0.748. The normalized spacial score (nSPS) is 21.1. The van der Waals surface area contributed by atoms with Crippen LogP contribution in [0.4, 0.5) is 9.59 Å². The lowest BCUT2D eigenvalue weighted by Crippen LogP contribution is -2.51. The molecule has 2 saturated heterocycles. The summed E-state index contributed by atoms with van der Waals surface area (Å²) in [5.41, 5.74) is 6.53. The molecule has 4 amide bonds. The summed E-state index contributed by atoms with van der Waals surface area (Å²) in [4.78, 5) is 73.4. The summed E-state index contributed by atoms with van der Waals surface area (Å²) in [6.07, 6.45) is 3.38. The molecular formula is C48H60N8O8. The van der Waals surface area contributed by atoms with Crippen LogP contribution in [0.2, 0.25) is 0 Å². The average Bonchev–Trinajstić information content (AvgIpc) is 4.14. The minimum Gasteiger partial charge on any atom is -0.488 e. The number of alkyl carbamates (subject to hydrolysis) is 2. The zero-order valence-electron chi connectivity index (χ0n) is 37.9. The van der Waals surface area contributed by atoms with Gasteiger partial charge in [-0.25, -0.2) is 19.6 Å². The molecule has 5 aromatic rings.